The number of halogens is 3. The standard InChI is InChI=1S/C20H18F3NO2/c1-15-6-4-7-16(12-15)13-19(25)24-10-2-3-11-26-18-9-5-8-17(14-18)20(21,22)23/h4-9,12,14H,10-11,13H2,1H3,(H,24,25). The lowest BCUT2D eigenvalue weighted by atomic mass is 10.1. The fourth-order valence-electron chi connectivity index (χ4n) is 2.21. The molecule has 0 atom stereocenters. The van der Waals surface area contributed by atoms with Gasteiger partial charge in [-0.1, -0.05) is 47.7 Å². The molecule has 0 bridgehead atoms. The van der Waals surface area contributed by atoms with Crippen LogP contribution in [0.1, 0.15) is 16.7 Å². The van der Waals surface area contributed by atoms with E-state index in [0.717, 1.165) is 23.3 Å². The van der Waals surface area contributed by atoms with Crippen LogP contribution in [0.4, 0.5) is 13.2 Å². The molecule has 1 N–H and O–H groups in total. The van der Waals surface area contributed by atoms with Gasteiger partial charge in [0.25, 0.3) is 0 Å². The lowest BCUT2D eigenvalue weighted by Gasteiger charge is -2.08. The zero-order valence-electron chi connectivity index (χ0n) is 14.2. The van der Waals surface area contributed by atoms with Crippen molar-refractivity contribution in [3.05, 3.63) is 65.2 Å². The van der Waals surface area contributed by atoms with E-state index in [2.05, 4.69) is 17.2 Å². The molecule has 0 aromatic heterocycles. The van der Waals surface area contributed by atoms with Gasteiger partial charge < -0.3 is 10.1 Å². The minimum Gasteiger partial charge on any atom is -0.481 e. The third kappa shape index (κ3) is 6.52. The van der Waals surface area contributed by atoms with Crippen molar-refractivity contribution in [2.45, 2.75) is 19.5 Å². The van der Waals surface area contributed by atoms with Crippen molar-refractivity contribution in [1.82, 2.24) is 5.32 Å². The third-order valence-corrected chi connectivity index (χ3v) is 3.42. The number of rotatable bonds is 5. The number of aryl methyl sites for hydroxylation is 1. The van der Waals surface area contributed by atoms with Crippen LogP contribution >= 0.6 is 0 Å². The Morgan fingerprint density at radius 1 is 1.12 bits per heavy atom. The average molecular weight is 361 g/mol. The van der Waals surface area contributed by atoms with Gasteiger partial charge in [-0.2, -0.15) is 13.2 Å². The second-order valence-corrected chi connectivity index (χ2v) is 5.61. The second kappa shape index (κ2) is 8.95. The number of amides is 1. The van der Waals surface area contributed by atoms with Crippen LogP contribution in [0.2, 0.25) is 0 Å². The highest BCUT2D eigenvalue weighted by atomic mass is 19.4. The summed E-state index contributed by atoms with van der Waals surface area (Å²) in [6.45, 7) is 2.04. The number of carbonyl (C=O) groups excluding carboxylic acids is 1. The monoisotopic (exact) mass is 361 g/mol. The number of hydrogen-bond acceptors (Lipinski definition) is 2. The van der Waals surface area contributed by atoms with E-state index in [1.54, 1.807) is 0 Å². The molecule has 3 nitrogen and oxygen atoms in total. The van der Waals surface area contributed by atoms with E-state index in [0.29, 0.717) is 0 Å². The van der Waals surface area contributed by atoms with Crippen molar-refractivity contribution in [2.75, 3.05) is 13.2 Å². The van der Waals surface area contributed by atoms with E-state index in [9.17, 15) is 18.0 Å². The molecular formula is C20H18F3NO2. The predicted molar refractivity (Wildman–Crippen MR) is 92.6 cm³/mol. The lowest BCUT2D eigenvalue weighted by molar-refractivity contribution is -0.137. The molecule has 0 aliphatic rings. The number of nitrogens with one attached hydrogen (secondary N) is 1. The van der Waals surface area contributed by atoms with E-state index in [4.69, 9.17) is 4.74 Å². The van der Waals surface area contributed by atoms with Crippen LogP contribution in [0, 0.1) is 18.8 Å². The summed E-state index contributed by atoms with van der Waals surface area (Å²) in [6, 6.07) is 12.3. The molecule has 0 heterocycles. The number of carbonyl (C=O) groups is 1. The van der Waals surface area contributed by atoms with Crippen LogP contribution in [0.3, 0.4) is 0 Å². The topological polar surface area (TPSA) is 38.3 Å². The maximum atomic E-state index is 12.6. The first-order valence-corrected chi connectivity index (χ1v) is 7.92. The summed E-state index contributed by atoms with van der Waals surface area (Å²) in [5.74, 6) is 5.30. The second-order valence-electron chi connectivity index (χ2n) is 5.61. The molecule has 0 saturated heterocycles. The highest BCUT2D eigenvalue weighted by Gasteiger charge is 2.30. The van der Waals surface area contributed by atoms with E-state index in [1.807, 2.05) is 31.2 Å². The number of ether oxygens (including phenoxy) is 1. The molecule has 2 aromatic rings. The highest BCUT2D eigenvalue weighted by Crippen LogP contribution is 2.31. The van der Waals surface area contributed by atoms with Crippen molar-refractivity contribution < 1.29 is 22.7 Å². The van der Waals surface area contributed by atoms with Crippen molar-refractivity contribution in [2.24, 2.45) is 0 Å². The molecule has 2 rings (SSSR count). The van der Waals surface area contributed by atoms with Gasteiger partial charge in [-0.25, -0.2) is 0 Å². The van der Waals surface area contributed by atoms with Gasteiger partial charge in [0.05, 0.1) is 18.5 Å². The highest BCUT2D eigenvalue weighted by molar-refractivity contribution is 5.78. The molecule has 0 saturated carbocycles. The first-order valence-electron chi connectivity index (χ1n) is 7.92. The van der Waals surface area contributed by atoms with Crippen molar-refractivity contribution in [3.8, 4) is 17.6 Å². The minimum atomic E-state index is -4.41. The van der Waals surface area contributed by atoms with Gasteiger partial charge in [-0.3, -0.25) is 4.79 Å². The smallest absolute Gasteiger partial charge is 0.416 e. The molecule has 0 spiro atoms. The van der Waals surface area contributed by atoms with Gasteiger partial charge in [0.15, 0.2) is 0 Å². The van der Waals surface area contributed by atoms with Gasteiger partial charge in [0.2, 0.25) is 5.91 Å². The Morgan fingerprint density at radius 2 is 1.88 bits per heavy atom. The van der Waals surface area contributed by atoms with Crippen LogP contribution in [0.25, 0.3) is 0 Å². The molecular weight excluding hydrogens is 343 g/mol. The zero-order valence-corrected chi connectivity index (χ0v) is 14.2. The summed E-state index contributed by atoms with van der Waals surface area (Å²) in [6.07, 6.45) is -4.14. The van der Waals surface area contributed by atoms with E-state index >= 15 is 0 Å². The molecule has 0 radical (unpaired) electrons. The zero-order chi connectivity index (χ0) is 19.0. The van der Waals surface area contributed by atoms with Crippen LogP contribution in [0.5, 0.6) is 5.75 Å². The molecule has 136 valence electrons. The van der Waals surface area contributed by atoms with Gasteiger partial charge >= 0.3 is 6.18 Å². The van der Waals surface area contributed by atoms with Crippen LogP contribution < -0.4 is 10.1 Å². The molecule has 0 aliphatic heterocycles. The van der Waals surface area contributed by atoms with E-state index in [1.165, 1.54) is 12.1 Å². The molecule has 1 amide bonds. The summed E-state index contributed by atoms with van der Waals surface area (Å²) in [7, 11) is 0. The molecule has 0 aliphatic carbocycles. The fraction of sp³-hybridized carbons (Fsp3) is 0.250. The Hall–Kier alpha value is -2.94. The lowest BCUT2D eigenvalue weighted by Crippen LogP contribution is -2.25. The summed E-state index contributed by atoms with van der Waals surface area (Å²) >= 11 is 0. The maximum absolute atomic E-state index is 12.6. The molecule has 6 heteroatoms. The van der Waals surface area contributed by atoms with Gasteiger partial charge in [0.1, 0.15) is 12.4 Å². The molecule has 26 heavy (non-hydrogen) atoms. The third-order valence-electron chi connectivity index (χ3n) is 3.42. The molecule has 0 fully saturated rings. The normalized spacial score (nSPS) is 10.6. The van der Waals surface area contributed by atoms with E-state index < -0.39 is 11.7 Å². The molecule has 0 unspecified atom stereocenters. The van der Waals surface area contributed by atoms with Crippen molar-refractivity contribution in [1.29, 1.82) is 0 Å². The molecule has 2 aromatic carbocycles. The quantitative estimate of drug-likeness (QED) is 0.824. The summed E-state index contributed by atoms with van der Waals surface area (Å²) in [5.41, 5.74) is 1.23. The summed E-state index contributed by atoms with van der Waals surface area (Å²) in [5, 5.41) is 2.66. The van der Waals surface area contributed by atoms with Crippen LogP contribution in [0.15, 0.2) is 48.5 Å². The average Bonchev–Trinajstić information content (AvgIpc) is 2.57. The van der Waals surface area contributed by atoms with Gasteiger partial charge in [-0.05, 0) is 30.7 Å². The largest absolute Gasteiger partial charge is 0.481 e. The predicted octanol–water partition coefficient (Wildman–Crippen LogP) is 3.75. The van der Waals surface area contributed by atoms with Gasteiger partial charge in [-0.15, -0.1) is 0 Å². The fourth-order valence-corrected chi connectivity index (χ4v) is 2.21. The first-order chi connectivity index (χ1) is 12.3. The Morgan fingerprint density at radius 3 is 2.62 bits per heavy atom. The summed E-state index contributed by atoms with van der Waals surface area (Å²) in [4.78, 5) is 11.8. The SMILES string of the molecule is Cc1cccc(CC(=O)NCC#CCOc2cccc(C(F)(F)F)c2)c1. The Kier molecular flexibility index (Phi) is 6.67. The first kappa shape index (κ1) is 19.4. The Balaban J connectivity index is 1.73. The number of alkyl halides is 3. The van der Waals surface area contributed by atoms with Crippen LogP contribution in [-0.2, 0) is 17.4 Å². The number of benzene rings is 2. The maximum Gasteiger partial charge on any atom is 0.416 e. The van der Waals surface area contributed by atoms with Crippen molar-refractivity contribution in [3.63, 3.8) is 0 Å². The van der Waals surface area contributed by atoms with Crippen molar-refractivity contribution >= 4 is 5.91 Å². The van der Waals surface area contributed by atoms with Crippen LogP contribution in [-0.4, -0.2) is 19.1 Å². The van der Waals surface area contributed by atoms with Gasteiger partial charge in [0, 0.05) is 0 Å². The minimum absolute atomic E-state index is 0.0605. The Bertz CT molecular complexity index is 820. The van der Waals surface area contributed by atoms with E-state index in [-0.39, 0.29) is 31.2 Å². The number of hydrogen-bond donors (Lipinski definition) is 1. The summed E-state index contributed by atoms with van der Waals surface area (Å²) < 4.78 is 42.9. The Labute approximate surface area is 150 Å².